The Morgan fingerprint density at radius 2 is 1.94 bits per heavy atom. The highest BCUT2D eigenvalue weighted by molar-refractivity contribution is 6.31. The average molecular weight is 254 g/mol. The predicted octanol–water partition coefficient (Wildman–Crippen LogP) is 4.30. The van der Waals surface area contributed by atoms with Crippen LogP contribution >= 0.6 is 11.6 Å². The first-order chi connectivity index (χ1) is 8.17. The van der Waals surface area contributed by atoms with Crippen LogP contribution in [0.1, 0.15) is 39.2 Å². The summed E-state index contributed by atoms with van der Waals surface area (Å²) >= 11 is 6.21. The third-order valence-electron chi connectivity index (χ3n) is 3.30. The molecule has 2 heteroatoms. The maximum absolute atomic E-state index is 6.21. The lowest BCUT2D eigenvalue weighted by Gasteiger charge is -2.21. The number of rotatable bonds is 7. The molecule has 1 aromatic rings. The largest absolute Gasteiger partial charge is 0.314 e. The van der Waals surface area contributed by atoms with E-state index in [2.05, 4.69) is 38.2 Å². The third-order valence-corrected chi connectivity index (χ3v) is 3.67. The molecule has 0 aliphatic carbocycles. The van der Waals surface area contributed by atoms with Gasteiger partial charge in [0.25, 0.3) is 0 Å². The Balaban J connectivity index is 2.63. The molecule has 0 saturated heterocycles. The fourth-order valence-corrected chi connectivity index (χ4v) is 2.32. The first kappa shape index (κ1) is 14.5. The van der Waals surface area contributed by atoms with Gasteiger partial charge in [-0.2, -0.15) is 0 Å². The average Bonchev–Trinajstić information content (AvgIpc) is 2.32. The van der Waals surface area contributed by atoms with Crippen LogP contribution < -0.4 is 5.32 Å². The summed E-state index contributed by atoms with van der Waals surface area (Å²) in [6.45, 7) is 7.75. The topological polar surface area (TPSA) is 12.0 Å². The van der Waals surface area contributed by atoms with Crippen molar-refractivity contribution < 1.29 is 0 Å². The number of benzene rings is 1. The molecule has 17 heavy (non-hydrogen) atoms. The molecule has 0 saturated carbocycles. The second-order valence-electron chi connectivity index (χ2n) is 4.80. The lowest BCUT2D eigenvalue weighted by atomic mass is 9.94. The van der Waals surface area contributed by atoms with E-state index in [0.29, 0.717) is 6.04 Å². The van der Waals surface area contributed by atoms with Crippen LogP contribution in [0.3, 0.4) is 0 Å². The molecule has 0 aliphatic rings. The third kappa shape index (κ3) is 5.10. The summed E-state index contributed by atoms with van der Waals surface area (Å²) in [5, 5.41) is 4.45. The summed E-state index contributed by atoms with van der Waals surface area (Å²) in [5.41, 5.74) is 1.25. The van der Waals surface area contributed by atoms with E-state index >= 15 is 0 Å². The Morgan fingerprint density at radius 3 is 2.53 bits per heavy atom. The number of halogens is 1. The van der Waals surface area contributed by atoms with E-state index in [-0.39, 0.29) is 0 Å². The Labute approximate surface area is 111 Å². The molecule has 0 aromatic heterocycles. The van der Waals surface area contributed by atoms with Crippen molar-refractivity contribution in [1.29, 1.82) is 0 Å². The maximum Gasteiger partial charge on any atom is 0.0438 e. The van der Waals surface area contributed by atoms with Crippen molar-refractivity contribution in [1.82, 2.24) is 5.32 Å². The van der Waals surface area contributed by atoms with E-state index in [1.807, 2.05) is 12.1 Å². The van der Waals surface area contributed by atoms with Crippen LogP contribution in [0.4, 0.5) is 0 Å². The van der Waals surface area contributed by atoms with Crippen molar-refractivity contribution in [2.75, 3.05) is 6.54 Å². The van der Waals surface area contributed by atoms with Gasteiger partial charge in [-0.25, -0.2) is 0 Å². The van der Waals surface area contributed by atoms with Crippen molar-refractivity contribution in [2.45, 2.75) is 46.1 Å². The highest BCUT2D eigenvalue weighted by Gasteiger charge is 2.13. The van der Waals surface area contributed by atoms with E-state index in [1.165, 1.54) is 18.4 Å². The molecular weight excluding hydrogens is 230 g/mol. The van der Waals surface area contributed by atoms with Crippen LogP contribution in [0.25, 0.3) is 0 Å². The van der Waals surface area contributed by atoms with E-state index < -0.39 is 0 Å². The predicted molar refractivity (Wildman–Crippen MR) is 76.7 cm³/mol. The van der Waals surface area contributed by atoms with Crippen LogP contribution in [-0.4, -0.2) is 12.6 Å². The van der Waals surface area contributed by atoms with Gasteiger partial charge in [-0.15, -0.1) is 0 Å². The van der Waals surface area contributed by atoms with Crippen molar-refractivity contribution in [3.05, 3.63) is 34.9 Å². The van der Waals surface area contributed by atoms with Gasteiger partial charge in [-0.3, -0.25) is 0 Å². The van der Waals surface area contributed by atoms with Crippen molar-refractivity contribution in [3.63, 3.8) is 0 Å². The molecule has 1 nitrogen and oxygen atoms in total. The summed E-state index contributed by atoms with van der Waals surface area (Å²) < 4.78 is 0. The molecule has 0 heterocycles. The minimum atomic E-state index is 0.537. The highest BCUT2D eigenvalue weighted by atomic mass is 35.5. The minimum absolute atomic E-state index is 0.537. The molecule has 96 valence electrons. The number of hydrogen-bond acceptors (Lipinski definition) is 1. The van der Waals surface area contributed by atoms with Gasteiger partial charge in [0, 0.05) is 11.1 Å². The molecule has 0 radical (unpaired) electrons. The zero-order valence-corrected chi connectivity index (χ0v) is 11.9. The normalized spacial score (nSPS) is 14.6. The summed E-state index contributed by atoms with van der Waals surface area (Å²) in [6, 6.07) is 8.69. The molecule has 2 atom stereocenters. The van der Waals surface area contributed by atoms with Crippen LogP contribution in [0.5, 0.6) is 0 Å². The smallest absolute Gasteiger partial charge is 0.0438 e. The summed E-state index contributed by atoms with van der Waals surface area (Å²) in [6.07, 6.45) is 3.48. The van der Waals surface area contributed by atoms with Gasteiger partial charge < -0.3 is 5.32 Å². The van der Waals surface area contributed by atoms with Gasteiger partial charge in [-0.1, -0.05) is 57.0 Å². The lowest BCUT2D eigenvalue weighted by molar-refractivity contribution is 0.397. The van der Waals surface area contributed by atoms with Crippen LogP contribution in [0.2, 0.25) is 5.02 Å². The van der Waals surface area contributed by atoms with Crippen LogP contribution in [0.15, 0.2) is 24.3 Å². The van der Waals surface area contributed by atoms with Crippen molar-refractivity contribution in [3.8, 4) is 0 Å². The Bertz CT molecular complexity index is 324. The second kappa shape index (κ2) is 7.73. The van der Waals surface area contributed by atoms with Gasteiger partial charge in [0.2, 0.25) is 0 Å². The first-order valence-electron chi connectivity index (χ1n) is 6.64. The van der Waals surface area contributed by atoms with E-state index in [1.54, 1.807) is 0 Å². The van der Waals surface area contributed by atoms with Crippen LogP contribution in [0, 0.1) is 5.92 Å². The number of likely N-dealkylation sites (N-methyl/N-ethyl adjacent to an activating group) is 1. The number of nitrogens with one attached hydrogen (secondary N) is 1. The Morgan fingerprint density at radius 1 is 1.24 bits per heavy atom. The number of hydrogen-bond donors (Lipinski definition) is 1. The zero-order chi connectivity index (χ0) is 12.7. The zero-order valence-electron chi connectivity index (χ0n) is 11.2. The molecule has 0 bridgehead atoms. The van der Waals surface area contributed by atoms with Gasteiger partial charge in [0.1, 0.15) is 0 Å². The minimum Gasteiger partial charge on any atom is -0.314 e. The lowest BCUT2D eigenvalue weighted by Crippen LogP contribution is -2.32. The standard InChI is InChI=1S/C15H24ClN/c1-4-12(3)10-14(17-5-2)11-13-8-6-7-9-15(13)16/h6-9,12,14,17H,4-5,10-11H2,1-3H3. The van der Waals surface area contributed by atoms with Gasteiger partial charge in [0.15, 0.2) is 0 Å². The first-order valence-corrected chi connectivity index (χ1v) is 7.01. The quantitative estimate of drug-likeness (QED) is 0.764. The van der Waals surface area contributed by atoms with E-state index in [0.717, 1.165) is 23.9 Å². The monoisotopic (exact) mass is 253 g/mol. The molecule has 0 aliphatic heterocycles. The van der Waals surface area contributed by atoms with Gasteiger partial charge in [-0.05, 0) is 36.9 Å². The van der Waals surface area contributed by atoms with Crippen molar-refractivity contribution in [2.24, 2.45) is 5.92 Å². The second-order valence-corrected chi connectivity index (χ2v) is 5.21. The Hall–Kier alpha value is -0.530. The maximum atomic E-state index is 6.21. The molecular formula is C15H24ClN. The summed E-state index contributed by atoms with van der Waals surface area (Å²) in [5.74, 6) is 0.765. The summed E-state index contributed by atoms with van der Waals surface area (Å²) in [4.78, 5) is 0. The highest BCUT2D eigenvalue weighted by Crippen LogP contribution is 2.19. The molecule has 0 spiro atoms. The van der Waals surface area contributed by atoms with E-state index in [4.69, 9.17) is 11.6 Å². The van der Waals surface area contributed by atoms with Crippen LogP contribution in [-0.2, 0) is 6.42 Å². The van der Waals surface area contributed by atoms with Gasteiger partial charge >= 0.3 is 0 Å². The van der Waals surface area contributed by atoms with Gasteiger partial charge in [0.05, 0.1) is 0 Å². The molecule has 0 fully saturated rings. The molecule has 2 unspecified atom stereocenters. The molecule has 1 aromatic carbocycles. The molecule has 1 N–H and O–H groups in total. The SMILES string of the molecule is CCNC(Cc1ccccc1Cl)CC(C)CC. The fraction of sp³-hybridized carbons (Fsp3) is 0.600. The van der Waals surface area contributed by atoms with Crippen molar-refractivity contribution >= 4 is 11.6 Å². The molecule has 1 rings (SSSR count). The Kier molecular flexibility index (Phi) is 6.61. The fourth-order valence-electron chi connectivity index (χ4n) is 2.11. The van der Waals surface area contributed by atoms with E-state index in [9.17, 15) is 0 Å². The summed E-state index contributed by atoms with van der Waals surface area (Å²) in [7, 11) is 0. The molecule has 0 amide bonds.